The van der Waals surface area contributed by atoms with Crippen molar-refractivity contribution < 1.29 is 13.2 Å². The number of amides is 1. The largest absolute Gasteiger partial charge is 0.279 e. The van der Waals surface area contributed by atoms with Crippen molar-refractivity contribution in [1.82, 2.24) is 9.29 Å². The second-order valence-electron chi connectivity index (χ2n) is 8.79. The minimum atomic E-state index is -3.63. The van der Waals surface area contributed by atoms with Crippen LogP contribution in [0.3, 0.4) is 0 Å². The molecule has 9 heteroatoms. The van der Waals surface area contributed by atoms with E-state index in [9.17, 15) is 13.2 Å². The first-order valence-electron chi connectivity index (χ1n) is 12.3. The molecule has 0 bridgehead atoms. The van der Waals surface area contributed by atoms with Gasteiger partial charge in [-0.25, -0.2) is 13.4 Å². The number of aryl methyl sites for hydroxylation is 1. The average Bonchev–Trinajstić information content (AvgIpc) is 3.37. The lowest BCUT2D eigenvalue weighted by Gasteiger charge is -2.22. The summed E-state index contributed by atoms with van der Waals surface area (Å²) in [6, 6.07) is 19.6. The number of hydrogen-bond donors (Lipinski definition) is 0. The summed E-state index contributed by atoms with van der Waals surface area (Å²) in [5, 5.41) is 1.13. The summed E-state index contributed by atoms with van der Waals surface area (Å²) in [5.74, 6) is -0.265. The number of halogens is 1. The van der Waals surface area contributed by atoms with E-state index >= 15 is 0 Å². The number of unbranched alkanes of at least 4 members (excludes halogenated alkanes) is 1. The molecule has 0 N–H and O–H groups in total. The molecule has 0 aliphatic rings. The molecule has 6 nitrogen and oxygen atoms in total. The number of carbonyl (C=O) groups is 1. The van der Waals surface area contributed by atoms with E-state index < -0.39 is 10.0 Å². The Labute approximate surface area is 227 Å². The number of fused-ring (bicyclic) bond motifs is 1. The molecule has 4 aromatic rings. The zero-order chi connectivity index (χ0) is 26.6. The number of benzene rings is 3. The molecule has 1 heterocycles. The first-order chi connectivity index (χ1) is 17.8. The SMILES string of the molecule is CCCCN(CC)S(=O)(=O)c1ccc(C(=O)N(Cc2ccccc2)c2nc3c(C)ccc(Cl)c3s2)cc1. The maximum absolute atomic E-state index is 13.8. The molecule has 0 saturated carbocycles. The number of carbonyl (C=O) groups excluding carboxylic acids is 1. The Morgan fingerprint density at radius 3 is 2.32 bits per heavy atom. The van der Waals surface area contributed by atoms with Gasteiger partial charge in [0.25, 0.3) is 5.91 Å². The second-order valence-corrected chi connectivity index (χ2v) is 12.1. The van der Waals surface area contributed by atoms with Crippen LogP contribution in [-0.2, 0) is 16.6 Å². The molecule has 194 valence electrons. The molecule has 0 spiro atoms. The highest BCUT2D eigenvalue weighted by molar-refractivity contribution is 7.89. The molecule has 0 aliphatic carbocycles. The minimum absolute atomic E-state index is 0.180. The molecule has 1 aromatic heterocycles. The van der Waals surface area contributed by atoms with E-state index in [-0.39, 0.29) is 10.8 Å². The van der Waals surface area contributed by atoms with Crippen molar-refractivity contribution in [3.63, 3.8) is 0 Å². The number of rotatable bonds is 10. The van der Waals surface area contributed by atoms with Crippen LogP contribution in [0, 0.1) is 6.92 Å². The lowest BCUT2D eigenvalue weighted by atomic mass is 10.1. The molecule has 0 saturated heterocycles. The standard InChI is InChI=1S/C28H30ClN3O3S2/c1-4-6-18-31(5-2)37(34,35)23-15-13-22(14-16-23)27(33)32(19-21-10-8-7-9-11-21)28-30-25-20(3)12-17-24(29)26(25)36-28/h7-17H,4-6,18-19H2,1-3H3. The van der Waals surface area contributed by atoms with Gasteiger partial charge in [0, 0.05) is 18.7 Å². The minimum Gasteiger partial charge on any atom is -0.279 e. The average molecular weight is 556 g/mol. The Morgan fingerprint density at radius 2 is 1.70 bits per heavy atom. The first kappa shape index (κ1) is 27.3. The fraction of sp³-hybridized carbons (Fsp3) is 0.286. The molecule has 3 aromatic carbocycles. The van der Waals surface area contributed by atoms with Crippen LogP contribution in [0.15, 0.2) is 71.6 Å². The van der Waals surface area contributed by atoms with Crippen molar-refractivity contribution in [2.24, 2.45) is 0 Å². The summed E-state index contributed by atoms with van der Waals surface area (Å²) in [7, 11) is -3.63. The van der Waals surface area contributed by atoms with Crippen LogP contribution >= 0.6 is 22.9 Å². The first-order valence-corrected chi connectivity index (χ1v) is 14.9. The molecule has 0 atom stereocenters. The van der Waals surface area contributed by atoms with E-state index in [1.807, 2.05) is 63.2 Å². The maximum atomic E-state index is 13.8. The van der Waals surface area contributed by atoms with Crippen LogP contribution in [0.25, 0.3) is 10.2 Å². The molecular formula is C28H30ClN3O3S2. The normalized spacial score (nSPS) is 11.8. The van der Waals surface area contributed by atoms with E-state index in [1.54, 1.807) is 17.0 Å². The third-order valence-corrected chi connectivity index (χ3v) is 9.73. The Morgan fingerprint density at radius 1 is 1.00 bits per heavy atom. The number of thiazole rings is 1. The monoisotopic (exact) mass is 555 g/mol. The van der Waals surface area contributed by atoms with E-state index in [0.29, 0.717) is 35.4 Å². The van der Waals surface area contributed by atoms with E-state index in [2.05, 4.69) is 0 Å². The summed E-state index contributed by atoms with van der Waals surface area (Å²) < 4.78 is 28.5. The van der Waals surface area contributed by atoms with Crippen LogP contribution in [0.4, 0.5) is 5.13 Å². The van der Waals surface area contributed by atoms with Crippen LogP contribution in [0.5, 0.6) is 0 Å². The van der Waals surface area contributed by atoms with Crippen molar-refractivity contribution in [2.45, 2.75) is 45.1 Å². The van der Waals surface area contributed by atoms with Crippen molar-refractivity contribution in [2.75, 3.05) is 18.0 Å². The van der Waals surface area contributed by atoms with Crippen LogP contribution in [0.1, 0.15) is 48.2 Å². The van der Waals surface area contributed by atoms with Gasteiger partial charge in [-0.05, 0) is 54.8 Å². The quantitative estimate of drug-likeness (QED) is 0.213. The van der Waals surface area contributed by atoms with Gasteiger partial charge in [-0.1, -0.05) is 79.6 Å². The summed E-state index contributed by atoms with van der Waals surface area (Å²) in [6.07, 6.45) is 1.71. The van der Waals surface area contributed by atoms with E-state index in [0.717, 1.165) is 34.2 Å². The highest BCUT2D eigenvalue weighted by Gasteiger charge is 2.26. The van der Waals surface area contributed by atoms with Crippen molar-refractivity contribution in [3.8, 4) is 0 Å². The smallest absolute Gasteiger partial charge is 0.260 e. The lowest BCUT2D eigenvalue weighted by molar-refractivity contribution is 0.0985. The van der Waals surface area contributed by atoms with Gasteiger partial charge in [0.2, 0.25) is 10.0 Å². The van der Waals surface area contributed by atoms with Gasteiger partial charge in [0.1, 0.15) is 0 Å². The Kier molecular flexibility index (Phi) is 8.64. The Hall–Kier alpha value is -2.78. The predicted octanol–water partition coefficient (Wildman–Crippen LogP) is 6.92. The van der Waals surface area contributed by atoms with Crippen molar-refractivity contribution in [3.05, 3.63) is 88.4 Å². The Bertz CT molecular complexity index is 1450. The molecule has 0 unspecified atom stereocenters. The van der Waals surface area contributed by atoms with Crippen LogP contribution in [-0.4, -0.2) is 36.7 Å². The second kappa shape index (κ2) is 11.7. The van der Waals surface area contributed by atoms with E-state index in [1.165, 1.54) is 27.8 Å². The number of nitrogens with zero attached hydrogens (tertiary/aromatic N) is 3. The van der Waals surface area contributed by atoms with Gasteiger partial charge in [0.05, 0.1) is 26.7 Å². The fourth-order valence-corrected chi connectivity index (χ4v) is 6.86. The molecule has 37 heavy (non-hydrogen) atoms. The highest BCUT2D eigenvalue weighted by Crippen LogP contribution is 2.36. The van der Waals surface area contributed by atoms with Gasteiger partial charge in [-0.3, -0.25) is 9.69 Å². The van der Waals surface area contributed by atoms with E-state index in [4.69, 9.17) is 16.6 Å². The molecule has 0 aliphatic heterocycles. The molecule has 0 fully saturated rings. The highest BCUT2D eigenvalue weighted by atomic mass is 35.5. The van der Waals surface area contributed by atoms with Gasteiger partial charge in [-0.2, -0.15) is 4.31 Å². The maximum Gasteiger partial charge on any atom is 0.260 e. The summed E-state index contributed by atoms with van der Waals surface area (Å²) in [5.41, 5.74) is 3.08. The van der Waals surface area contributed by atoms with Crippen LogP contribution < -0.4 is 4.90 Å². The summed E-state index contributed by atoms with van der Waals surface area (Å²) in [4.78, 5) is 20.4. The molecule has 4 rings (SSSR count). The summed E-state index contributed by atoms with van der Waals surface area (Å²) >= 11 is 7.81. The molecule has 1 amide bonds. The van der Waals surface area contributed by atoms with Gasteiger partial charge < -0.3 is 0 Å². The van der Waals surface area contributed by atoms with Crippen LogP contribution in [0.2, 0.25) is 5.02 Å². The summed E-state index contributed by atoms with van der Waals surface area (Å²) in [6.45, 7) is 7.01. The third kappa shape index (κ3) is 5.88. The molecular weight excluding hydrogens is 526 g/mol. The number of sulfonamides is 1. The van der Waals surface area contributed by atoms with Gasteiger partial charge >= 0.3 is 0 Å². The fourth-order valence-electron chi connectivity index (χ4n) is 4.06. The topological polar surface area (TPSA) is 70.6 Å². The lowest BCUT2D eigenvalue weighted by Crippen LogP contribution is -2.32. The number of aromatic nitrogens is 1. The predicted molar refractivity (Wildman–Crippen MR) is 152 cm³/mol. The Balaban J connectivity index is 1.69. The molecule has 0 radical (unpaired) electrons. The number of hydrogen-bond acceptors (Lipinski definition) is 5. The zero-order valence-electron chi connectivity index (χ0n) is 21.1. The zero-order valence-corrected chi connectivity index (χ0v) is 23.5. The third-order valence-electron chi connectivity index (χ3n) is 6.20. The van der Waals surface area contributed by atoms with Crippen molar-refractivity contribution >= 4 is 54.2 Å². The number of anilines is 1. The van der Waals surface area contributed by atoms with Gasteiger partial charge in [-0.15, -0.1) is 0 Å². The van der Waals surface area contributed by atoms with Gasteiger partial charge in [0.15, 0.2) is 5.13 Å². The van der Waals surface area contributed by atoms with Crippen molar-refractivity contribution in [1.29, 1.82) is 0 Å².